The minimum Gasteiger partial charge on any atom is -0.508 e. The largest absolute Gasteiger partial charge is 0.508 e. The molecule has 41 heteroatoms. The van der Waals surface area contributed by atoms with Gasteiger partial charge in [0.2, 0.25) is 34.5 Å². The van der Waals surface area contributed by atoms with Crippen LogP contribution in [-0.4, -0.2) is 156 Å². The number of pyridine rings is 6. The zero-order valence-corrected chi connectivity index (χ0v) is 75.6. The van der Waals surface area contributed by atoms with E-state index in [0.29, 0.717) is 134 Å². The number of aldehydes is 3. The molecule has 12 rings (SSSR count). The average molecular weight is 1880 g/mol. The summed E-state index contributed by atoms with van der Waals surface area (Å²) in [5.74, 6) is 2.90. The van der Waals surface area contributed by atoms with Crippen LogP contribution in [0, 0.1) is 26.3 Å². The standard InChI is InChI=1S/C20H22BN3O4.C14H10BrN3O2.C12H24B2O4.C7H5BrO2.C7H8ClN3O.2C7H6ClN3.C6H4Cl2N2O/c1-19(2)20(3,4)28-21(27-19)15-8-7-14(11-13(15)12-25)26-17-10-9-16(22-5)18(23-6)24-17;1-16-12-5-6-13(18-14(12)17-2)20-10-3-4-11(15)9(7-10)8-19;1-9(2)10(3,4)16-13(15-9)14-17-11(5,6)12(7,8)18-14;8-7-2-1-6(10)3-5(7)4-9;1-10-7-4(6(9)12)2-3-5(8)11-7;2*1-9-5-3-4-6(8)11-7(5)10-2;7-4-2-1-3(6(9)11)5(8)10-4/h7-12H,1-4,6H3,(H,23,24);3-8H,2H3,(H,17,18);1-8H3;1-4,10H;2-3H,1H3,(H2,9,12)(H,10,11);2*3-4H,2H3,(H,10,11);1-2H,(H2,9,11). The van der Waals surface area contributed by atoms with Gasteiger partial charge < -0.3 is 80.6 Å². The number of phenolic OH excluding ortho intramolecular Hbond substituents is 1. The number of nitrogens with zero attached hydrogens (tertiary/aromatic N) is 10. The van der Waals surface area contributed by atoms with Gasteiger partial charge in [-0.25, -0.2) is 49.3 Å². The quantitative estimate of drug-likeness (QED) is 0.0193. The van der Waals surface area contributed by atoms with Crippen molar-refractivity contribution in [2.24, 2.45) is 11.5 Å². The molecule has 0 radical (unpaired) electrons. The van der Waals surface area contributed by atoms with Crippen LogP contribution >= 0.6 is 89.9 Å². The number of halogens is 7. The van der Waals surface area contributed by atoms with Gasteiger partial charge in [-0.15, -0.1) is 0 Å². The van der Waals surface area contributed by atoms with E-state index in [4.69, 9.17) is 138 Å². The van der Waals surface area contributed by atoms with Crippen molar-refractivity contribution < 1.29 is 66.5 Å². The van der Waals surface area contributed by atoms with Gasteiger partial charge in [-0.3, -0.25) is 24.0 Å². The number of anilines is 5. The first-order valence-corrected chi connectivity index (χ1v) is 39.3. The van der Waals surface area contributed by atoms with Gasteiger partial charge in [-0.1, -0.05) is 95.9 Å². The molecule has 0 unspecified atom stereocenters. The van der Waals surface area contributed by atoms with Crippen molar-refractivity contribution in [2.45, 2.75) is 117 Å². The molecule has 3 aromatic carbocycles. The number of hydrogen-bond acceptors (Lipinski definition) is 25. The molecule has 3 fully saturated rings. The number of rotatable bonds is 16. The predicted molar refractivity (Wildman–Crippen MR) is 481 cm³/mol. The van der Waals surface area contributed by atoms with Gasteiger partial charge in [-0.05, 0) is 210 Å². The Morgan fingerprint density at radius 3 is 1.07 bits per heavy atom. The fourth-order valence-corrected chi connectivity index (χ4v) is 11.4. The molecule has 9 heterocycles. The topological polar surface area (TPSA) is 386 Å². The molecule has 632 valence electrons. The summed E-state index contributed by atoms with van der Waals surface area (Å²) in [5, 5.41) is 24.2. The number of primary amides is 2. The van der Waals surface area contributed by atoms with E-state index in [0.717, 1.165) is 12.6 Å². The maximum Gasteiger partial charge on any atom is 0.495 e. The fourth-order valence-electron chi connectivity index (χ4n) is 9.80. The Morgan fingerprint density at radius 1 is 0.413 bits per heavy atom. The van der Waals surface area contributed by atoms with E-state index in [9.17, 15) is 24.0 Å². The molecule has 9 aromatic rings. The molecule has 0 saturated carbocycles. The number of hydrogen-bond donors (Lipinski definition) is 8. The van der Waals surface area contributed by atoms with Gasteiger partial charge in [0.05, 0.1) is 71.0 Å². The smallest absolute Gasteiger partial charge is 0.495 e. The van der Waals surface area contributed by atoms with Crippen molar-refractivity contribution >= 4 is 199 Å². The molecule has 0 spiro atoms. The van der Waals surface area contributed by atoms with E-state index in [1.807, 2.05) is 83.1 Å². The molecule has 31 nitrogen and oxygen atoms in total. The third kappa shape index (κ3) is 28.2. The summed E-state index contributed by atoms with van der Waals surface area (Å²) in [7, 11) is 6.83. The van der Waals surface area contributed by atoms with E-state index in [2.05, 4.69) is 108 Å². The number of ether oxygens (including phenoxy) is 2. The maximum absolute atomic E-state index is 11.7. The number of nitrogens with one attached hydrogen (secondary N) is 5. The molecule has 3 aliphatic rings. The van der Waals surface area contributed by atoms with Crippen LogP contribution in [0.1, 0.15) is 135 Å². The first kappa shape index (κ1) is 101. The lowest BCUT2D eigenvalue weighted by Crippen LogP contribution is -2.41. The van der Waals surface area contributed by atoms with Gasteiger partial charge in [-0.2, -0.15) is 0 Å². The summed E-state index contributed by atoms with van der Waals surface area (Å²) in [6.45, 7) is 51.7. The molecular formula is C80H85B3Br2Cl5N17O14. The third-order valence-electron chi connectivity index (χ3n) is 18.4. The molecule has 10 N–H and O–H groups in total. The highest BCUT2D eigenvalue weighted by atomic mass is 79.9. The number of carbonyl (C=O) groups is 5. The van der Waals surface area contributed by atoms with Crippen molar-refractivity contribution in [2.75, 3.05) is 61.8 Å². The van der Waals surface area contributed by atoms with Crippen LogP contribution in [0.2, 0.25) is 25.8 Å². The number of benzene rings is 3. The lowest BCUT2D eigenvalue weighted by Gasteiger charge is -2.32. The van der Waals surface area contributed by atoms with Gasteiger partial charge in [0.1, 0.15) is 78.4 Å². The number of carbonyl (C=O) groups excluding carboxylic acids is 5. The van der Waals surface area contributed by atoms with Crippen LogP contribution in [0.25, 0.3) is 19.4 Å². The highest BCUT2D eigenvalue weighted by Gasteiger charge is 2.64. The fraction of sp³-hybridized carbons (Fsp3) is 0.287. The van der Waals surface area contributed by atoms with E-state index in [1.165, 1.54) is 36.4 Å². The highest BCUT2D eigenvalue weighted by Crippen LogP contribution is 2.44. The van der Waals surface area contributed by atoms with Crippen molar-refractivity contribution in [1.82, 2.24) is 29.9 Å². The summed E-state index contributed by atoms with van der Waals surface area (Å²) < 4.78 is 48.7. The molecule has 0 aliphatic carbocycles. The Kier molecular flexibility index (Phi) is 37.7. The lowest BCUT2D eigenvalue weighted by atomic mass is 9.49. The van der Waals surface area contributed by atoms with Crippen LogP contribution in [-0.2, 0) is 27.9 Å². The molecule has 2 amide bonds. The van der Waals surface area contributed by atoms with E-state index >= 15 is 0 Å². The van der Waals surface area contributed by atoms with Gasteiger partial charge in [0, 0.05) is 60.9 Å². The average Bonchev–Trinajstić information content (AvgIpc) is 1.58. The van der Waals surface area contributed by atoms with Crippen LogP contribution in [0.4, 0.5) is 51.8 Å². The Balaban J connectivity index is 0.000000253. The van der Waals surface area contributed by atoms with E-state index in [1.54, 1.807) is 126 Å². The van der Waals surface area contributed by atoms with Gasteiger partial charge in [0.25, 0.3) is 11.8 Å². The Morgan fingerprint density at radius 2 is 0.719 bits per heavy atom. The summed E-state index contributed by atoms with van der Waals surface area (Å²) >= 11 is 34.2. The van der Waals surface area contributed by atoms with E-state index in [-0.39, 0.29) is 44.0 Å². The number of amides is 2. The molecule has 3 saturated heterocycles. The van der Waals surface area contributed by atoms with Crippen LogP contribution in [0.15, 0.2) is 136 Å². The van der Waals surface area contributed by atoms with Gasteiger partial charge in [0.15, 0.2) is 12.6 Å². The monoisotopic (exact) mass is 1870 g/mol. The Hall–Kier alpha value is -10.8. The Bertz CT molecular complexity index is 5250. The lowest BCUT2D eigenvalue weighted by molar-refractivity contribution is 0.00578. The zero-order valence-electron chi connectivity index (χ0n) is 68.6. The second-order valence-corrected chi connectivity index (χ2v) is 31.7. The maximum atomic E-state index is 11.7. The second-order valence-electron chi connectivity index (χ2n) is 28.0. The second kappa shape index (κ2) is 45.2. The minimum absolute atomic E-state index is 0.0324. The van der Waals surface area contributed by atoms with Crippen LogP contribution in [0.3, 0.4) is 0 Å². The van der Waals surface area contributed by atoms with Crippen molar-refractivity contribution in [3.05, 3.63) is 236 Å². The number of phenols is 1. The first-order valence-electron chi connectivity index (χ1n) is 35.8. The number of nitrogens with two attached hydrogens (primary N) is 2. The molecule has 121 heavy (non-hydrogen) atoms. The predicted octanol–water partition coefficient (Wildman–Crippen LogP) is 18.9. The van der Waals surface area contributed by atoms with Crippen molar-refractivity contribution in [1.29, 1.82) is 0 Å². The molecular weight excluding hydrogens is 1790 g/mol. The Labute approximate surface area is 744 Å². The van der Waals surface area contributed by atoms with Gasteiger partial charge >= 0.3 is 21.1 Å². The normalized spacial score (nSPS) is 14.5. The highest BCUT2D eigenvalue weighted by molar-refractivity contribution is 9.10. The summed E-state index contributed by atoms with van der Waals surface area (Å²) in [4.78, 5) is 91.1. The third-order valence-corrected chi connectivity index (χ3v) is 20.9. The zero-order chi connectivity index (χ0) is 90.7. The summed E-state index contributed by atoms with van der Waals surface area (Å²) in [6, 6.07) is 33.6. The molecule has 0 atom stereocenters. The van der Waals surface area contributed by atoms with Crippen molar-refractivity contribution in [3.8, 4) is 29.0 Å². The molecule has 3 aliphatic heterocycles. The summed E-state index contributed by atoms with van der Waals surface area (Å²) in [6.07, 6.45) is 2.18. The van der Waals surface area contributed by atoms with E-state index < -0.39 is 44.2 Å². The first-order chi connectivity index (χ1) is 56.8. The molecule has 6 aromatic heterocycles. The van der Waals surface area contributed by atoms with Crippen LogP contribution < -0.4 is 53.0 Å². The van der Waals surface area contributed by atoms with Crippen LogP contribution in [0.5, 0.6) is 29.0 Å². The minimum atomic E-state index is -0.633. The summed E-state index contributed by atoms with van der Waals surface area (Å²) in [5.41, 5.74) is 11.9. The van der Waals surface area contributed by atoms with Crippen molar-refractivity contribution in [3.63, 3.8) is 0 Å². The number of aromatic nitrogens is 6. The SMILES string of the molecule is CC1(C)OB(B2OC(C)(C)C(C)(C)O2)OC1(C)C.CNc1nc(Cl)ccc1C(N)=O.NC(=O)c1ccc(Cl)nc1Cl.O=Cc1cc(O)ccc1Br.[C-]#[N+]c1ccc(Cl)nc1NC.[C-]#[N+]c1ccc(Cl)nc1NC.[C-]#[N+]c1ccc(Oc2ccc(B3OC(C)(C)C(C)(C)O3)c(C=O)c2)nc1NC.[C-]#[N+]c1ccc(Oc2ccc(Br)c(C=O)c2)nc1NC. The number of aromatic hydroxyl groups is 1. The molecule has 0 bridgehead atoms.